The lowest BCUT2D eigenvalue weighted by Gasteiger charge is -2.39. The third-order valence-corrected chi connectivity index (χ3v) is 6.83. The van der Waals surface area contributed by atoms with Crippen LogP contribution in [-0.4, -0.2) is 84.0 Å². The Labute approximate surface area is 183 Å². The smallest absolute Gasteiger partial charge is 0.325 e. The maximum atomic E-state index is 13.4. The van der Waals surface area contributed by atoms with Crippen LogP contribution in [-0.2, 0) is 4.79 Å². The largest absolute Gasteiger partial charge is 0.496 e. The van der Waals surface area contributed by atoms with Gasteiger partial charge in [-0.05, 0) is 50.8 Å². The van der Waals surface area contributed by atoms with Gasteiger partial charge in [0.1, 0.15) is 11.3 Å². The SMILES string of the molecule is CCCN1CCC2(CC1)NC(=O)N([C@H]1CCCN(C(=O)c3ccccc3OC)C1)C2=O. The molecule has 3 fully saturated rings. The summed E-state index contributed by atoms with van der Waals surface area (Å²) in [6, 6.07) is 6.54. The van der Waals surface area contributed by atoms with Crippen molar-refractivity contribution in [2.24, 2.45) is 0 Å². The van der Waals surface area contributed by atoms with Crippen LogP contribution in [0.1, 0.15) is 49.4 Å². The van der Waals surface area contributed by atoms with Crippen molar-refractivity contribution in [2.45, 2.75) is 50.6 Å². The first-order chi connectivity index (χ1) is 15.0. The van der Waals surface area contributed by atoms with Crippen molar-refractivity contribution in [1.82, 2.24) is 20.0 Å². The van der Waals surface area contributed by atoms with Crippen molar-refractivity contribution in [3.8, 4) is 5.75 Å². The maximum Gasteiger partial charge on any atom is 0.325 e. The molecule has 1 N–H and O–H groups in total. The van der Waals surface area contributed by atoms with E-state index in [-0.39, 0.29) is 23.9 Å². The predicted octanol–water partition coefficient (Wildman–Crippen LogP) is 2.10. The second-order valence-electron chi connectivity index (χ2n) is 8.78. The molecule has 0 aliphatic carbocycles. The number of urea groups is 1. The fourth-order valence-corrected chi connectivity index (χ4v) is 5.13. The van der Waals surface area contributed by atoms with Crippen LogP contribution in [0.2, 0.25) is 0 Å². The Morgan fingerprint density at radius 3 is 2.65 bits per heavy atom. The molecule has 1 spiro atoms. The second kappa shape index (κ2) is 8.86. The van der Waals surface area contributed by atoms with E-state index < -0.39 is 5.54 Å². The van der Waals surface area contributed by atoms with E-state index in [1.807, 2.05) is 12.1 Å². The van der Waals surface area contributed by atoms with Gasteiger partial charge in [-0.25, -0.2) is 4.79 Å². The number of hydrogen-bond acceptors (Lipinski definition) is 5. The number of ether oxygens (including phenoxy) is 1. The van der Waals surface area contributed by atoms with E-state index in [0.717, 1.165) is 32.5 Å². The molecule has 4 amide bonds. The molecule has 0 saturated carbocycles. The average Bonchev–Trinajstić information content (AvgIpc) is 3.04. The maximum absolute atomic E-state index is 13.4. The number of carbonyl (C=O) groups is 3. The number of hydrogen-bond donors (Lipinski definition) is 1. The molecule has 1 aromatic carbocycles. The van der Waals surface area contributed by atoms with Gasteiger partial charge in [-0.2, -0.15) is 0 Å². The molecule has 8 nitrogen and oxygen atoms in total. The van der Waals surface area contributed by atoms with E-state index in [2.05, 4.69) is 17.1 Å². The molecule has 1 atom stereocenters. The predicted molar refractivity (Wildman–Crippen MR) is 116 cm³/mol. The van der Waals surface area contributed by atoms with E-state index in [1.165, 1.54) is 4.90 Å². The molecule has 0 bridgehead atoms. The quantitative estimate of drug-likeness (QED) is 0.727. The zero-order chi connectivity index (χ0) is 22.0. The van der Waals surface area contributed by atoms with Crippen LogP contribution in [0.5, 0.6) is 5.75 Å². The topological polar surface area (TPSA) is 82.2 Å². The Morgan fingerprint density at radius 1 is 1.19 bits per heavy atom. The summed E-state index contributed by atoms with van der Waals surface area (Å²) < 4.78 is 5.34. The minimum atomic E-state index is -0.781. The van der Waals surface area contributed by atoms with Crippen molar-refractivity contribution in [3.05, 3.63) is 29.8 Å². The molecule has 1 aromatic rings. The molecule has 8 heteroatoms. The molecule has 3 aliphatic heterocycles. The second-order valence-corrected chi connectivity index (χ2v) is 8.78. The fourth-order valence-electron chi connectivity index (χ4n) is 5.13. The van der Waals surface area contributed by atoms with Crippen LogP contribution in [0, 0.1) is 0 Å². The number of piperidine rings is 2. The third kappa shape index (κ3) is 4.01. The lowest BCUT2D eigenvalue weighted by Crippen LogP contribution is -2.56. The minimum Gasteiger partial charge on any atom is -0.496 e. The zero-order valence-corrected chi connectivity index (χ0v) is 18.4. The van der Waals surface area contributed by atoms with Crippen molar-refractivity contribution >= 4 is 17.8 Å². The van der Waals surface area contributed by atoms with Crippen LogP contribution in [0.25, 0.3) is 0 Å². The van der Waals surface area contributed by atoms with Gasteiger partial charge in [-0.15, -0.1) is 0 Å². The van der Waals surface area contributed by atoms with Gasteiger partial charge in [0.15, 0.2) is 0 Å². The lowest BCUT2D eigenvalue weighted by molar-refractivity contribution is -0.135. The van der Waals surface area contributed by atoms with E-state index in [1.54, 1.807) is 24.1 Å². The normalized spacial score (nSPS) is 23.9. The van der Waals surface area contributed by atoms with Gasteiger partial charge in [0.05, 0.1) is 18.7 Å². The molecule has 0 radical (unpaired) electrons. The Balaban J connectivity index is 1.46. The van der Waals surface area contributed by atoms with Crippen LogP contribution in [0.15, 0.2) is 24.3 Å². The van der Waals surface area contributed by atoms with Crippen LogP contribution >= 0.6 is 0 Å². The first-order valence-corrected chi connectivity index (χ1v) is 11.3. The first kappa shape index (κ1) is 21.6. The molecule has 3 saturated heterocycles. The van der Waals surface area contributed by atoms with Gasteiger partial charge >= 0.3 is 6.03 Å². The van der Waals surface area contributed by atoms with Crippen LogP contribution in [0.3, 0.4) is 0 Å². The van der Waals surface area contributed by atoms with Crippen molar-refractivity contribution < 1.29 is 19.1 Å². The van der Waals surface area contributed by atoms with Crippen molar-refractivity contribution in [2.75, 3.05) is 39.8 Å². The number of nitrogens with one attached hydrogen (secondary N) is 1. The van der Waals surface area contributed by atoms with Gasteiger partial charge in [0.25, 0.3) is 11.8 Å². The number of methoxy groups -OCH3 is 1. The third-order valence-electron chi connectivity index (χ3n) is 6.83. The summed E-state index contributed by atoms with van der Waals surface area (Å²) in [6.45, 7) is 5.76. The summed E-state index contributed by atoms with van der Waals surface area (Å²) in [7, 11) is 1.55. The Bertz CT molecular complexity index is 850. The summed E-state index contributed by atoms with van der Waals surface area (Å²) in [5.74, 6) is 0.282. The summed E-state index contributed by atoms with van der Waals surface area (Å²) in [6.07, 6.45) is 3.83. The number of amides is 4. The van der Waals surface area contributed by atoms with Gasteiger partial charge in [0, 0.05) is 26.2 Å². The fraction of sp³-hybridized carbons (Fsp3) is 0.609. The summed E-state index contributed by atoms with van der Waals surface area (Å²) in [4.78, 5) is 44.9. The Morgan fingerprint density at radius 2 is 1.94 bits per heavy atom. The summed E-state index contributed by atoms with van der Waals surface area (Å²) in [5.41, 5.74) is -0.279. The average molecular weight is 429 g/mol. The van der Waals surface area contributed by atoms with E-state index in [4.69, 9.17) is 4.74 Å². The molecule has 168 valence electrons. The molecule has 0 aromatic heterocycles. The molecule has 3 aliphatic rings. The zero-order valence-electron chi connectivity index (χ0n) is 18.4. The van der Waals surface area contributed by atoms with E-state index >= 15 is 0 Å². The van der Waals surface area contributed by atoms with E-state index in [0.29, 0.717) is 43.7 Å². The lowest BCUT2D eigenvalue weighted by atomic mass is 9.87. The molecule has 4 rings (SSSR count). The van der Waals surface area contributed by atoms with Gasteiger partial charge in [-0.1, -0.05) is 19.1 Å². The molecule has 3 heterocycles. The minimum absolute atomic E-state index is 0.120. The highest BCUT2D eigenvalue weighted by Crippen LogP contribution is 2.33. The van der Waals surface area contributed by atoms with Crippen LogP contribution < -0.4 is 10.1 Å². The number of nitrogens with zero attached hydrogens (tertiary/aromatic N) is 3. The number of imide groups is 1. The van der Waals surface area contributed by atoms with Gasteiger partial charge < -0.3 is 19.9 Å². The highest BCUT2D eigenvalue weighted by atomic mass is 16.5. The number of benzene rings is 1. The molecular formula is C23H32N4O4. The number of likely N-dealkylation sites (tertiary alicyclic amines) is 2. The standard InChI is InChI=1S/C23H32N4O4/c1-3-12-25-14-10-23(11-15-25)21(29)27(22(30)24-23)17-7-6-13-26(16-17)20(28)18-8-4-5-9-19(18)31-2/h4-5,8-9,17H,3,6-7,10-16H2,1-2H3,(H,24,30)/t17-/m0/s1. The van der Waals surface area contributed by atoms with E-state index in [9.17, 15) is 14.4 Å². The first-order valence-electron chi connectivity index (χ1n) is 11.3. The Kier molecular flexibility index (Phi) is 6.18. The number of rotatable bonds is 5. The highest BCUT2D eigenvalue weighted by Gasteiger charge is 2.54. The number of carbonyl (C=O) groups excluding carboxylic acids is 3. The highest BCUT2D eigenvalue weighted by molar-refractivity contribution is 6.07. The van der Waals surface area contributed by atoms with Crippen LogP contribution in [0.4, 0.5) is 4.79 Å². The van der Waals surface area contributed by atoms with Gasteiger partial charge in [0.2, 0.25) is 0 Å². The summed E-state index contributed by atoms with van der Waals surface area (Å²) >= 11 is 0. The molecule has 31 heavy (non-hydrogen) atoms. The summed E-state index contributed by atoms with van der Waals surface area (Å²) in [5, 5.41) is 3.01. The van der Waals surface area contributed by atoms with Crippen molar-refractivity contribution in [3.63, 3.8) is 0 Å². The Hall–Kier alpha value is -2.61. The van der Waals surface area contributed by atoms with Crippen molar-refractivity contribution in [1.29, 1.82) is 0 Å². The molecule has 0 unspecified atom stereocenters. The number of para-hydroxylation sites is 1. The van der Waals surface area contributed by atoms with Gasteiger partial charge in [-0.3, -0.25) is 14.5 Å². The molecular weight excluding hydrogens is 396 g/mol. The monoisotopic (exact) mass is 428 g/mol.